The smallest absolute Gasteiger partial charge is 0.360 e. The van der Waals surface area contributed by atoms with Gasteiger partial charge in [-0.2, -0.15) is 0 Å². The number of esters is 1. The van der Waals surface area contributed by atoms with Gasteiger partial charge in [0.05, 0.1) is 19.2 Å². The third kappa shape index (κ3) is 8.21. The van der Waals surface area contributed by atoms with Crippen molar-refractivity contribution >= 4 is 50.7 Å². The van der Waals surface area contributed by atoms with E-state index >= 15 is 0 Å². The summed E-state index contributed by atoms with van der Waals surface area (Å²) in [5.74, 6) is -1.08. The predicted molar refractivity (Wildman–Crippen MR) is 140 cm³/mol. The molecule has 13 nitrogen and oxygen atoms in total. The highest BCUT2D eigenvalue weighted by atomic mass is 32.1. The molecule has 3 heterocycles. The summed E-state index contributed by atoms with van der Waals surface area (Å²) in [6.07, 6.45) is 4.80. The van der Waals surface area contributed by atoms with Crippen LogP contribution in [0.3, 0.4) is 0 Å². The Bertz CT molecular complexity index is 1370. The van der Waals surface area contributed by atoms with Gasteiger partial charge in [0.2, 0.25) is 22.1 Å². The van der Waals surface area contributed by atoms with Gasteiger partial charge in [-0.3, -0.25) is 14.9 Å². The van der Waals surface area contributed by atoms with Crippen molar-refractivity contribution in [1.29, 1.82) is 0 Å². The third-order valence-corrected chi connectivity index (χ3v) is 6.79. The van der Waals surface area contributed by atoms with Crippen molar-refractivity contribution in [3.63, 3.8) is 0 Å². The van der Waals surface area contributed by atoms with Crippen LogP contribution in [0.5, 0.6) is 0 Å². The van der Waals surface area contributed by atoms with Gasteiger partial charge in [-0.05, 0) is 25.3 Å². The fraction of sp³-hybridized carbons (Fsp3) is 0.348. The standard InChI is InChI=1S/C23H25N9O4S2/c1-2-36-21(35)16-13-32(31-26-16)14-18(34)25-23-30-28-20(38-23)11-7-6-10-19-27-29-22(37-19)24-17(33)12-15-8-4-3-5-9-15/h3-5,8-9,13H,2,6-7,10-12,14H2,1H3,(H,24,29,33)(H,25,30,34). The van der Waals surface area contributed by atoms with E-state index in [1.54, 1.807) is 6.92 Å². The molecule has 4 rings (SSSR count). The first-order chi connectivity index (χ1) is 18.5. The number of amides is 2. The molecule has 2 N–H and O–H groups in total. The molecule has 0 aliphatic carbocycles. The summed E-state index contributed by atoms with van der Waals surface area (Å²) in [5, 5.41) is 31.8. The Labute approximate surface area is 225 Å². The Balaban J connectivity index is 1.14. The van der Waals surface area contributed by atoms with Crippen LogP contribution in [0.25, 0.3) is 0 Å². The van der Waals surface area contributed by atoms with E-state index in [1.807, 2.05) is 30.3 Å². The topological polar surface area (TPSA) is 167 Å². The van der Waals surface area contributed by atoms with Gasteiger partial charge in [0.25, 0.3) is 0 Å². The zero-order chi connectivity index (χ0) is 26.7. The Kier molecular flexibility index (Phi) is 9.53. The second-order valence-electron chi connectivity index (χ2n) is 7.99. The number of anilines is 2. The summed E-state index contributed by atoms with van der Waals surface area (Å²) in [6, 6.07) is 9.52. The van der Waals surface area contributed by atoms with Gasteiger partial charge in [-0.25, -0.2) is 9.48 Å². The van der Waals surface area contributed by atoms with Crippen molar-refractivity contribution in [3.05, 3.63) is 57.8 Å². The first kappa shape index (κ1) is 26.9. The van der Waals surface area contributed by atoms with E-state index < -0.39 is 5.97 Å². The van der Waals surface area contributed by atoms with Gasteiger partial charge in [0.15, 0.2) is 5.69 Å². The fourth-order valence-electron chi connectivity index (χ4n) is 3.29. The van der Waals surface area contributed by atoms with Crippen molar-refractivity contribution in [2.45, 2.75) is 45.6 Å². The maximum Gasteiger partial charge on any atom is 0.360 e. The van der Waals surface area contributed by atoms with E-state index in [9.17, 15) is 14.4 Å². The lowest BCUT2D eigenvalue weighted by Gasteiger charge is -2.00. The molecule has 0 radical (unpaired) electrons. The van der Waals surface area contributed by atoms with Crippen molar-refractivity contribution in [1.82, 2.24) is 35.4 Å². The molecule has 0 saturated heterocycles. The number of nitrogens with one attached hydrogen (secondary N) is 2. The zero-order valence-electron chi connectivity index (χ0n) is 20.5. The molecule has 0 bridgehead atoms. The number of hydrogen-bond acceptors (Lipinski definition) is 12. The van der Waals surface area contributed by atoms with E-state index in [1.165, 1.54) is 33.6 Å². The summed E-state index contributed by atoms with van der Waals surface area (Å²) in [6.45, 7) is 1.79. The predicted octanol–water partition coefficient (Wildman–Crippen LogP) is 2.54. The van der Waals surface area contributed by atoms with Crippen molar-refractivity contribution in [3.8, 4) is 0 Å². The number of unbranched alkanes of at least 4 members (excludes halogenated alkanes) is 1. The van der Waals surface area contributed by atoms with Crippen LogP contribution in [0.15, 0.2) is 36.5 Å². The third-order valence-electron chi connectivity index (χ3n) is 4.99. The average molecular weight is 556 g/mol. The van der Waals surface area contributed by atoms with Gasteiger partial charge in [0.1, 0.15) is 16.6 Å². The van der Waals surface area contributed by atoms with Crippen molar-refractivity contribution in [2.24, 2.45) is 0 Å². The van der Waals surface area contributed by atoms with Crippen LogP contribution >= 0.6 is 22.7 Å². The highest BCUT2D eigenvalue weighted by molar-refractivity contribution is 7.15. The lowest BCUT2D eigenvalue weighted by Crippen LogP contribution is -2.19. The van der Waals surface area contributed by atoms with Crippen LogP contribution in [-0.4, -0.2) is 59.8 Å². The number of rotatable bonds is 13. The van der Waals surface area contributed by atoms with Crippen LogP contribution in [0.4, 0.5) is 10.3 Å². The van der Waals surface area contributed by atoms with E-state index in [0.717, 1.165) is 34.8 Å². The highest BCUT2D eigenvalue weighted by Gasteiger charge is 2.15. The molecule has 4 aromatic rings. The summed E-state index contributed by atoms with van der Waals surface area (Å²) in [7, 11) is 0. The number of benzene rings is 1. The lowest BCUT2D eigenvalue weighted by atomic mass is 10.1. The van der Waals surface area contributed by atoms with Gasteiger partial charge in [0, 0.05) is 12.8 Å². The number of ether oxygens (including phenoxy) is 1. The molecule has 0 aliphatic rings. The van der Waals surface area contributed by atoms with Crippen molar-refractivity contribution in [2.75, 3.05) is 17.2 Å². The Morgan fingerprint density at radius 1 is 0.868 bits per heavy atom. The van der Waals surface area contributed by atoms with Crippen LogP contribution in [0.1, 0.15) is 45.8 Å². The van der Waals surface area contributed by atoms with Crippen LogP contribution in [0, 0.1) is 0 Å². The molecular weight excluding hydrogens is 530 g/mol. The molecule has 38 heavy (non-hydrogen) atoms. The van der Waals surface area contributed by atoms with Gasteiger partial charge in [-0.15, -0.1) is 25.5 Å². The first-order valence-electron chi connectivity index (χ1n) is 11.8. The van der Waals surface area contributed by atoms with E-state index in [0.29, 0.717) is 16.7 Å². The van der Waals surface area contributed by atoms with Gasteiger partial charge in [-0.1, -0.05) is 58.2 Å². The summed E-state index contributed by atoms with van der Waals surface area (Å²) < 4.78 is 6.10. The van der Waals surface area contributed by atoms with Crippen LogP contribution in [0.2, 0.25) is 0 Å². The minimum Gasteiger partial charge on any atom is -0.461 e. The van der Waals surface area contributed by atoms with Gasteiger partial charge < -0.3 is 10.1 Å². The summed E-state index contributed by atoms with van der Waals surface area (Å²) >= 11 is 2.67. The SMILES string of the molecule is CCOC(=O)c1cn(CC(=O)Nc2nnc(CCCCc3nnc(NC(=O)Cc4ccccc4)s3)s2)nn1. The van der Waals surface area contributed by atoms with Crippen LogP contribution < -0.4 is 10.6 Å². The van der Waals surface area contributed by atoms with Crippen LogP contribution in [-0.2, 0) is 40.1 Å². The molecule has 0 unspecified atom stereocenters. The average Bonchev–Trinajstić information content (AvgIpc) is 3.65. The van der Waals surface area contributed by atoms with E-state index in [4.69, 9.17) is 4.74 Å². The summed E-state index contributed by atoms with van der Waals surface area (Å²) in [5.41, 5.74) is 0.976. The molecule has 0 saturated carbocycles. The molecule has 0 spiro atoms. The number of nitrogens with zero attached hydrogens (tertiary/aromatic N) is 7. The fourth-order valence-corrected chi connectivity index (χ4v) is 4.88. The number of aryl methyl sites for hydroxylation is 2. The molecule has 15 heteroatoms. The van der Waals surface area contributed by atoms with Gasteiger partial charge >= 0.3 is 5.97 Å². The maximum atomic E-state index is 12.3. The molecule has 2 amide bonds. The Morgan fingerprint density at radius 3 is 2.13 bits per heavy atom. The number of hydrogen-bond donors (Lipinski definition) is 2. The minimum absolute atomic E-state index is 0.0374. The molecule has 0 atom stereocenters. The minimum atomic E-state index is -0.593. The number of aromatic nitrogens is 7. The van der Waals surface area contributed by atoms with E-state index in [-0.39, 0.29) is 37.1 Å². The molecule has 198 valence electrons. The summed E-state index contributed by atoms with van der Waals surface area (Å²) in [4.78, 5) is 36.1. The molecule has 0 aliphatic heterocycles. The molecule has 0 fully saturated rings. The van der Waals surface area contributed by atoms with Crippen molar-refractivity contribution < 1.29 is 19.1 Å². The Morgan fingerprint density at radius 2 is 1.50 bits per heavy atom. The lowest BCUT2D eigenvalue weighted by molar-refractivity contribution is -0.117. The second kappa shape index (κ2) is 13.4. The second-order valence-corrected chi connectivity index (χ2v) is 10.1. The molecule has 1 aromatic carbocycles. The molecule has 3 aromatic heterocycles. The largest absolute Gasteiger partial charge is 0.461 e. The molecular formula is C23H25N9O4S2. The van der Waals surface area contributed by atoms with E-state index in [2.05, 4.69) is 41.3 Å². The number of carbonyl (C=O) groups is 3. The quantitative estimate of drug-likeness (QED) is 0.185. The maximum absolute atomic E-state index is 12.3. The highest BCUT2D eigenvalue weighted by Crippen LogP contribution is 2.20. The zero-order valence-corrected chi connectivity index (χ0v) is 22.1. The Hall–Kier alpha value is -4.11. The first-order valence-corrected chi connectivity index (χ1v) is 13.5. The number of carbonyl (C=O) groups excluding carboxylic acids is 3. The normalized spacial score (nSPS) is 10.8. The monoisotopic (exact) mass is 555 g/mol.